The van der Waals surface area contributed by atoms with Gasteiger partial charge >= 0.3 is 0 Å². The first-order valence-electron chi connectivity index (χ1n) is 0. The average Bonchev–Trinajstić information content (AvgIpc) is 0. The molecule has 0 aromatic heterocycles. The second-order valence-corrected chi connectivity index (χ2v) is 0. The molecule has 0 saturated carbocycles. The van der Waals surface area contributed by atoms with Gasteiger partial charge in [-0.05, 0) is 0 Å². The van der Waals surface area contributed by atoms with Crippen molar-refractivity contribution in [2.24, 2.45) is 0 Å². The Morgan fingerprint density at radius 3 is 1.00 bits per heavy atom. The van der Waals surface area contributed by atoms with Gasteiger partial charge in [-0.3, -0.25) is 0 Å². The predicted octanol–water partition coefficient (Wildman–Crippen LogP) is -1.30. The van der Waals surface area contributed by atoms with Crippen LogP contribution in [0.3, 0.4) is 0 Å². The van der Waals surface area contributed by atoms with E-state index in [4.69, 9.17) is 0 Å². The van der Waals surface area contributed by atoms with Crippen LogP contribution in [0.4, 0.5) is 0 Å². The maximum Gasteiger partial charge on any atom is 0.146 e. The molecule has 0 amide bonds. The van der Waals surface area contributed by atoms with E-state index in [1.54, 1.807) is 0 Å². The van der Waals surface area contributed by atoms with E-state index in [-0.39, 0.29) is 62.3 Å². The summed E-state index contributed by atoms with van der Waals surface area (Å²) in [6.07, 6.45) is 0. The van der Waals surface area contributed by atoms with Crippen molar-refractivity contribution in [3.05, 3.63) is 0 Å². The fraction of sp³-hybridized carbons (Fsp3) is 0. The fourth-order valence-electron chi connectivity index (χ4n) is 0. The van der Waals surface area contributed by atoms with Crippen LogP contribution in [-0.2, 0) is 36.5 Å². The number of hydrogen-bond donors (Lipinski definition) is 0. The molecular weight excluding hydrogens is 159 g/mol. The molecule has 0 aliphatic carbocycles. The molecule has 4 radical (unpaired) electrons. The Bertz CT molecular complexity index is 8.00. The zero-order valence-corrected chi connectivity index (χ0v) is 8.71. The molecule has 0 rings (SSSR count). The van der Waals surface area contributed by atoms with Crippen LogP contribution in [0.25, 0.3) is 0 Å². The Kier molecular flexibility index (Phi) is 233. The van der Waals surface area contributed by atoms with Gasteiger partial charge in [-0.2, -0.15) is 0 Å². The third-order valence-electron chi connectivity index (χ3n) is 0. The van der Waals surface area contributed by atoms with E-state index in [9.17, 15) is 0 Å². The zero-order chi connectivity index (χ0) is 0. The van der Waals surface area contributed by atoms with Gasteiger partial charge in [-0.15, -0.1) is 0 Å². The first-order valence-corrected chi connectivity index (χ1v) is 0. The van der Waals surface area contributed by atoms with Crippen molar-refractivity contribution in [3.63, 3.8) is 0 Å². The second-order valence-electron chi connectivity index (χ2n) is 0. The minimum Gasteiger partial charge on any atom is 0 e. The zero-order valence-electron chi connectivity index (χ0n) is 2.64. The normalized spacial score (nSPS) is 0. The SMILES string of the molecule is [AlH2].[B].[Fe].[Zn]. The molecule has 0 atom stereocenters. The molecule has 0 aromatic carbocycles. The summed E-state index contributed by atoms with van der Waals surface area (Å²) >= 11 is 0. The molecule has 0 unspecified atom stereocenters. The Hall–Kier alpha value is 1.74. The van der Waals surface area contributed by atoms with Gasteiger partial charge in [0, 0.05) is 45.0 Å². The maximum absolute atomic E-state index is 0. The van der Waals surface area contributed by atoms with E-state index in [1.807, 2.05) is 0 Å². The summed E-state index contributed by atoms with van der Waals surface area (Å²) in [6, 6.07) is 0. The number of rotatable bonds is 0. The molecule has 18 valence electrons. The van der Waals surface area contributed by atoms with Crippen LogP contribution in [0.2, 0.25) is 0 Å². The molecule has 0 aromatic rings. The van der Waals surface area contributed by atoms with Crippen molar-refractivity contribution in [1.82, 2.24) is 0 Å². The molecule has 0 aliphatic rings. The molecule has 0 bridgehead atoms. The van der Waals surface area contributed by atoms with Crippen LogP contribution < -0.4 is 0 Å². The van der Waals surface area contributed by atoms with E-state index >= 15 is 0 Å². The van der Waals surface area contributed by atoms with E-state index in [2.05, 4.69) is 0 Å². The first-order chi connectivity index (χ1) is 0. The van der Waals surface area contributed by atoms with Gasteiger partial charge in [-0.25, -0.2) is 0 Å². The summed E-state index contributed by atoms with van der Waals surface area (Å²) in [6.45, 7) is 0. The molecule has 0 fully saturated rings. The summed E-state index contributed by atoms with van der Waals surface area (Å²) in [4.78, 5) is 0. The number of hydrogen-bond acceptors (Lipinski definition) is 0. The Morgan fingerprint density at radius 1 is 1.00 bits per heavy atom. The minimum atomic E-state index is 0. The predicted molar refractivity (Wildman–Crippen MR) is 14.3 cm³/mol. The van der Waals surface area contributed by atoms with Gasteiger partial charge in [0.1, 0.15) is 17.4 Å². The van der Waals surface area contributed by atoms with E-state index in [1.165, 1.54) is 0 Å². The third-order valence-corrected chi connectivity index (χ3v) is 0. The summed E-state index contributed by atoms with van der Waals surface area (Å²) in [5, 5.41) is 0. The van der Waals surface area contributed by atoms with Crippen LogP contribution in [0.5, 0.6) is 0 Å². The van der Waals surface area contributed by atoms with Gasteiger partial charge in [-0.1, -0.05) is 0 Å². The summed E-state index contributed by atoms with van der Waals surface area (Å²) in [5.74, 6) is 0. The van der Waals surface area contributed by atoms with Crippen LogP contribution >= 0.6 is 0 Å². The molecule has 0 heterocycles. The smallest absolute Gasteiger partial charge is 0 e. The van der Waals surface area contributed by atoms with Gasteiger partial charge in [0.05, 0.1) is 0 Å². The minimum absolute atomic E-state index is 0. The van der Waals surface area contributed by atoms with Gasteiger partial charge < -0.3 is 0 Å². The molecule has 0 saturated heterocycles. The molecule has 4 heteroatoms. The molecule has 4 heavy (non-hydrogen) atoms. The molecule has 0 aliphatic heterocycles. The van der Waals surface area contributed by atoms with Crippen LogP contribution in [0.15, 0.2) is 0 Å². The summed E-state index contributed by atoms with van der Waals surface area (Å²) in [7, 11) is 0. The van der Waals surface area contributed by atoms with Crippen LogP contribution in [0, 0.1) is 0 Å². The fourth-order valence-corrected chi connectivity index (χ4v) is 0. The molecule has 0 nitrogen and oxygen atoms in total. The van der Waals surface area contributed by atoms with E-state index in [0.29, 0.717) is 0 Å². The van der Waals surface area contributed by atoms with Gasteiger partial charge in [0.25, 0.3) is 0 Å². The van der Waals surface area contributed by atoms with Crippen molar-refractivity contribution in [2.45, 2.75) is 0 Å². The molecule has 0 N–H and O–H groups in total. The van der Waals surface area contributed by atoms with E-state index < -0.39 is 0 Å². The van der Waals surface area contributed by atoms with Crippen molar-refractivity contribution in [3.8, 4) is 0 Å². The largest absolute Gasteiger partial charge is 0.146 e. The quantitative estimate of drug-likeness (QED) is 0.387. The van der Waals surface area contributed by atoms with Gasteiger partial charge in [0.15, 0.2) is 0 Å². The summed E-state index contributed by atoms with van der Waals surface area (Å²) in [5.41, 5.74) is 0. The Morgan fingerprint density at radius 2 is 1.00 bits per heavy atom. The topological polar surface area (TPSA) is 0 Å². The molecule has 0 spiro atoms. The standard InChI is InChI=1S/Al.B.Fe.Zn.2H. The van der Waals surface area contributed by atoms with Crippen molar-refractivity contribution < 1.29 is 36.5 Å². The van der Waals surface area contributed by atoms with Crippen molar-refractivity contribution in [2.75, 3.05) is 0 Å². The second kappa shape index (κ2) is 21.9. The van der Waals surface area contributed by atoms with Crippen LogP contribution in [-0.4, -0.2) is 25.8 Å². The first kappa shape index (κ1) is 42.6. The molecular formula is H2AlBFeZn. The average molecular weight is 161 g/mol. The van der Waals surface area contributed by atoms with Crippen molar-refractivity contribution in [1.29, 1.82) is 0 Å². The van der Waals surface area contributed by atoms with Crippen molar-refractivity contribution >= 4 is 25.8 Å². The van der Waals surface area contributed by atoms with Crippen LogP contribution in [0.1, 0.15) is 0 Å². The van der Waals surface area contributed by atoms with Gasteiger partial charge in [0.2, 0.25) is 0 Å². The van der Waals surface area contributed by atoms with E-state index in [0.717, 1.165) is 0 Å². The Balaban J connectivity index is 0. The maximum atomic E-state index is 0. The Labute approximate surface area is 62.0 Å². The summed E-state index contributed by atoms with van der Waals surface area (Å²) < 4.78 is 0. The third kappa shape index (κ3) is 9.27. The monoisotopic (exact) mass is 160 g/mol.